The van der Waals surface area contributed by atoms with Gasteiger partial charge in [-0.05, 0) is 50.1 Å². The van der Waals surface area contributed by atoms with Crippen LogP contribution in [0.25, 0.3) is 0 Å². The van der Waals surface area contributed by atoms with Gasteiger partial charge in [0.1, 0.15) is 0 Å². The second kappa shape index (κ2) is 10.7. The highest BCUT2D eigenvalue weighted by molar-refractivity contribution is 5.87. The molecule has 0 aromatic heterocycles. The lowest BCUT2D eigenvalue weighted by Crippen LogP contribution is -2.25. The molecule has 3 rings (SSSR count). The largest absolute Gasteiger partial charge is 0.478 e. The van der Waals surface area contributed by atoms with Crippen LogP contribution in [0.1, 0.15) is 41.0 Å². The van der Waals surface area contributed by atoms with E-state index in [1.807, 2.05) is 32.1 Å². The first kappa shape index (κ1) is 21.9. The van der Waals surface area contributed by atoms with Gasteiger partial charge in [0.05, 0.1) is 16.7 Å². The van der Waals surface area contributed by atoms with Crippen molar-refractivity contribution < 1.29 is 24.9 Å². The van der Waals surface area contributed by atoms with Crippen molar-refractivity contribution in [3.8, 4) is 0 Å². The number of allylic oxidation sites excluding steroid dienone is 2. The van der Waals surface area contributed by atoms with Crippen LogP contribution in [0.15, 0.2) is 84.5 Å². The van der Waals surface area contributed by atoms with Gasteiger partial charge in [-0.2, -0.15) is 0 Å². The molecule has 2 aromatic carbocycles. The molecule has 2 aromatic rings. The molecule has 1 unspecified atom stereocenters. The highest BCUT2D eigenvalue weighted by atomic mass is 16.4. The molecule has 3 N–H and O–H groups in total. The second-order valence-corrected chi connectivity index (χ2v) is 6.10. The van der Waals surface area contributed by atoms with Crippen LogP contribution in [0.5, 0.6) is 0 Å². The van der Waals surface area contributed by atoms with E-state index in [0.717, 1.165) is 12.0 Å². The van der Waals surface area contributed by atoms with Crippen LogP contribution >= 0.6 is 0 Å². The van der Waals surface area contributed by atoms with Gasteiger partial charge in [-0.1, -0.05) is 54.6 Å². The zero-order valence-corrected chi connectivity index (χ0v) is 15.4. The van der Waals surface area contributed by atoms with Gasteiger partial charge >= 0.3 is 11.9 Å². The van der Waals surface area contributed by atoms with E-state index in [1.165, 1.54) is 0 Å². The predicted molar refractivity (Wildman–Crippen MR) is 105 cm³/mol. The maximum Gasteiger partial charge on any atom is 0.335 e. The molecule has 0 saturated carbocycles. The summed E-state index contributed by atoms with van der Waals surface area (Å²) in [6.07, 6.45) is 6.65. The van der Waals surface area contributed by atoms with Crippen LogP contribution in [0.4, 0.5) is 0 Å². The predicted octanol–water partition coefficient (Wildman–Crippen LogP) is 4.41. The molecular formula is C22H24O5. The number of aliphatic hydroxyl groups is 1. The zero-order chi connectivity index (χ0) is 20.3. The number of benzene rings is 2. The summed E-state index contributed by atoms with van der Waals surface area (Å²) >= 11 is 0. The van der Waals surface area contributed by atoms with Crippen LogP contribution in [-0.2, 0) is 0 Å². The Hall–Kier alpha value is -3.18. The van der Waals surface area contributed by atoms with Gasteiger partial charge < -0.3 is 15.3 Å². The Morgan fingerprint density at radius 2 is 1.26 bits per heavy atom. The van der Waals surface area contributed by atoms with Crippen molar-refractivity contribution in [3.63, 3.8) is 0 Å². The normalized spacial score (nSPS) is 17.4. The lowest BCUT2D eigenvalue weighted by Gasteiger charge is -2.24. The molecular weight excluding hydrogens is 344 g/mol. The third-order valence-corrected chi connectivity index (χ3v) is 3.89. The average molecular weight is 368 g/mol. The van der Waals surface area contributed by atoms with Gasteiger partial charge in [-0.3, -0.25) is 0 Å². The number of hydrogen-bond donors (Lipinski definition) is 3. The first-order chi connectivity index (χ1) is 12.7. The van der Waals surface area contributed by atoms with Crippen LogP contribution in [0.3, 0.4) is 0 Å². The molecule has 5 heteroatoms. The molecule has 1 aliphatic carbocycles. The first-order valence-electron chi connectivity index (χ1n) is 8.37. The van der Waals surface area contributed by atoms with E-state index in [2.05, 4.69) is 0 Å². The Kier molecular flexibility index (Phi) is 8.69. The van der Waals surface area contributed by atoms with Gasteiger partial charge in [0, 0.05) is 0 Å². The van der Waals surface area contributed by atoms with Gasteiger partial charge in [-0.25, -0.2) is 9.59 Å². The van der Waals surface area contributed by atoms with E-state index in [9.17, 15) is 14.7 Å². The van der Waals surface area contributed by atoms with Crippen LogP contribution < -0.4 is 0 Å². The monoisotopic (exact) mass is 368 g/mol. The highest BCUT2D eigenvalue weighted by Gasteiger charge is 2.21. The first-order valence-corrected chi connectivity index (χ1v) is 8.37. The summed E-state index contributed by atoms with van der Waals surface area (Å²) < 4.78 is 0. The molecule has 5 nitrogen and oxygen atoms in total. The van der Waals surface area contributed by atoms with E-state index in [4.69, 9.17) is 10.2 Å². The van der Waals surface area contributed by atoms with Crippen molar-refractivity contribution in [1.82, 2.24) is 0 Å². The van der Waals surface area contributed by atoms with E-state index in [-0.39, 0.29) is 0 Å². The van der Waals surface area contributed by atoms with E-state index >= 15 is 0 Å². The Morgan fingerprint density at radius 3 is 1.48 bits per heavy atom. The summed E-state index contributed by atoms with van der Waals surface area (Å²) in [7, 11) is 0. The minimum Gasteiger partial charge on any atom is -0.478 e. The summed E-state index contributed by atoms with van der Waals surface area (Å²) in [5.74, 6) is -1.76. The Labute approximate surface area is 158 Å². The molecule has 27 heavy (non-hydrogen) atoms. The minimum atomic E-state index is -0.879. The maximum absolute atomic E-state index is 10.2. The van der Waals surface area contributed by atoms with E-state index in [1.54, 1.807) is 60.7 Å². The quantitative estimate of drug-likeness (QED) is 0.730. The topological polar surface area (TPSA) is 94.8 Å². The van der Waals surface area contributed by atoms with Crippen LogP contribution in [-0.4, -0.2) is 32.9 Å². The molecule has 0 amide bonds. The molecule has 0 spiro atoms. The zero-order valence-electron chi connectivity index (χ0n) is 15.4. The molecule has 0 bridgehead atoms. The number of rotatable bonds is 2. The average Bonchev–Trinajstić information content (AvgIpc) is 2.66. The number of hydrogen-bond acceptors (Lipinski definition) is 3. The standard InChI is InChI=1S/C8H12O.2C7H6O2/c1-7-5-3-4-6-8(7,2)9;2*8-7(9)6-4-2-1-3-5-6/h3-5,9H,6H2,1-2H3;2*1-5H,(H,8,9). The third kappa shape index (κ3) is 8.16. The molecule has 0 saturated heterocycles. The molecule has 1 atom stereocenters. The summed E-state index contributed by atoms with van der Waals surface area (Å²) in [5, 5.41) is 26.3. The Morgan fingerprint density at radius 1 is 0.852 bits per heavy atom. The molecule has 0 heterocycles. The lowest BCUT2D eigenvalue weighted by atomic mass is 9.90. The molecule has 0 radical (unpaired) electrons. The molecule has 0 fully saturated rings. The number of carboxylic acid groups (broad SMARTS) is 2. The van der Waals surface area contributed by atoms with Crippen molar-refractivity contribution in [3.05, 3.63) is 95.6 Å². The molecule has 1 aliphatic rings. The lowest BCUT2D eigenvalue weighted by molar-refractivity contribution is 0.0686. The molecule has 0 aliphatic heterocycles. The number of aromatic carboxylic acids is 2. The van der Waals surface area contributed by atoms with E-state index in [0.29, 0.717) is 11.1 Å². The summed E-state index contributed by atoms with van der Waals surface area (Å²) in [6.45, 7) is 3.78. The number of carboxylic acids is 2. The van der Waals surface area contributed by atoms with Gasteiger partial charge in [0.15, 0.2) is 0 Å². The summed E-state index contributed by atoms with van der Waals surface area (Å²) in [6, 6.07) is 16.6. The highest BCUT2D eigenvalue weighted by Crippen LogP contribution is 2.23. The van der Waals surface area contributed by atoms with E-state index < -0.39 is 17.5 Å². The maximum atomic E-state index is 10.2. The second-order valence-electron chi connectivity index (χ2n) is 6.10. The fourth-order valence-corrected chi connectivity index (χ4v) is 2.01. The smallest absolute Gasteiger partial charge is 0.335 e. The van der Waals surface area contributed by atoms with Crippen molar-refractivity contribution in [2.24, 2.45) is 0 Å². The summed E-state index contributed by atoms with van der Waals surface area (Å²) in [5.41, 5.74) is 1.12. The van der Waals surface area contributed by atoms with Crippen molar-refractivity contribution in [2.75, 3.05) is 0 Å². The fraction of sp³-hybridized carbons (Fsp3) is 0.182. The van der Waals surface area contributed by atoms with Crippen molar-refractivity contribution in [2.45, 2.75) is 25.9 Å². The van der Waals surface area contributed by atoms with Crippen LogP contribution in [0, 0.1) is 0 Å². The van der Waals surface area contributed by atoms with Gasteiger partial charge in [0.2, 0.25) is 0 Å². The van der Waals surface area contributed by atoms with Gasteiger partial charge in [0.25, 0.3) is 0 Å². The SMILES string of the molecule is CC1=CC=CCC1(C)O.O=C(O)c1ccccc1.O=C(O)c1ccccc1. The van der Waals surface area contributed by atoms with Crippen molar-refractivity contribution in [1.29, 1.82) is 0 Å². The number of carbonyl (C=O) groups is 2. The van der Waals surface area contributed by atoms with Crippen molar-refractivity contribution >= 4 is 11.9 Å². The summed E-state index contributed by atoms with van der Waals surface area (Å²) in [4.78, 5) is 20.4. The Bertz CT molecular complexity index is 740. The van der Waals surface area contributed by atoms with Gasteiger partial charge in [-0.15, -0.1) is 0 Å². The molecule has 142 valence electrons. The Balaban J connectivity index is 0.000000202. The third-order valence-electron chi connectivity index (χ3n) is 3.89. The fourth-order valence-electron chi connectivity index (χ4n) is 2.01. The van der Waals surface area contributed by atoms with Crippen LogP contribution in [0.2, 0.25) is 0 Å². The minimum absolute atomic E-state index is 0.331.